The molecule has 3 heterocycles. The van der Waals surface area contributed by atoms with Crippen LogP contribution >= 0.6 is 0 Å². The second-order valence-corrected chi connectivity index (χ2v) is 7.79. The molecule has 0 radical (unpaired) electrons. The van der Waals surface area contributed by atoms with Crippen molar-refractivity contribution in [1.29, 1.82) is 0 Å². The number of rotatable bonds is 1. The van der Waals surface area contributed by atoms with E-state index in [2.05, 4.69) is 17.0 Å². The molecule has 30 heavy (non-hydrogen) atoms. The second kappa shape index (κ2) is 7.11. The first kappa shape index (κ1) is 18.6. The van der Waals surface area contributed by atoms with Gasteiger partial charge in [-0.2, -0.15) is 9.78 Å². The van der Waals surface area contributed by atoms with Gasteiger partial charge in [0, 0.05) is 37.3 Å². The van der Waals surface area contributed by atoms with Gasteiger partial charge in [-0.15, -0.1) is 0 Å². The minimum Gasteiger partial charge on any atom is -0.321 e. The number of likely N-dealkylation sites (N-methyl/N-ethyl adjacent to an activating group) is 1. The quantitative estimate of drug-likeness (QED) is 0.492. The summed E-state index contributed by atoms with van der Waals surface area (Å²) in [6.45, 7) is 4.85. The van der Waals surface area contributed by atoms with Crippen LogP contribution in [0.3, 0.4) is 0 Å². The summed E-state index contributed by atoms with van der Waals surface area (Å²) in [5.41, 5.74) is 3.00. The topological polar surface area (TPSA) is 63.4 Å². The van der Waals surface area contributed by atoms with Crippen molar-refractivity contribution in [3.63, 3.8) is 0 Å². The van der Waals surface area contributed by atoms with Gasteiger partial charge in [0.1, 0.15) is 5.69 Å². The molecule has 3 aliphatic heterocycles. The zero-order valence-electron chi connectivity index (χ0n) is 17.1. The van der Waals surface area contributed by atoms with Gasteiger partial charge in [-0.25, -0.2) is 4.79 Å². The number of amides is 1. The van der Waals surface area contributed by atoms with Gasteiger partial charge in [-0.05, 0) is 32.2 Å². The highest BCUT2D eigenvalue weighted by molar-refractivity contribution is 6.00. The Labute approximate surface area is 174 Å². The van der Waals surface area contributed by atoms with Crippen LogP contribution in [0.5, 0.6) is 0 Å². The Morgan fingerprint density at radius 2 is 1.60 bits per heavy atom. The summed E-state index contributed by atoms with van der Waals surface area (Å²) in [4.78, 5) is 30.9. The van der Waals surface area contributed by atoms with Crippen molar-refractivity contribution in [2.75, 3.05) is 33.2 Å². The fraction of sp³-hybridized carbons (Fsp3) is 0.261. The molecule has 2 aromatic carbocycles. The molecule has 1 fully saturated rings. The van der Waals surface area contributed by atoms with Gasteiger partial charge >= 0.3 is 6.03 Å². The maximum atomic E-state index is 13.5. The molecule has 3 aliphatic rings. The molecule has 0 unspecified atom stereocenters. The lowest BCUT2D eigenvalue weighted by Gasteiger charge is -2.33. The Morgan fingerprint density at radius 1 is 0.933 bits per heavy atom. The van der Waals surface area contributed by atoms with Crippen LogP contribution in [0.2, 0.25) is 0 Å². The van der Waals surface area contributed by atoms with Gasteiger partial charge < -0.3 is 9.80 Å². The van der Waals surface area contributed by atoms with Gasteiger partial charge in [0.25, 0.3) is 5.56 Å². The zero-order valence-corrected chi connectivity index (χ0v) is 17.1. The minimum atomic E-state index is -0.209. The predicted octanol–water partition coefficient (Wildman–Crippen LogP) is 2.82. The first-order chi connectivity index (χ1) is 14.6. The Balaban J connectivity index is 1.76. The largest absolute Gasteiger partial charge is 0.328 e. The number of piperazine rings is 1. The third-order valence-electron chi connectivity index (χ3n) is 5.91. The number of nitrogens with zero attached hydrogens (tertiary/aromatic N) is 5. The molecule has 0 atom stereocenters. The summed E-state index contributed by atoms with van der Waals surface area (Å²) in [6.07, 6.45) is 0. The summed E-state index contributed by atoms with van der Waals surface area (Å²) in [5, 5.41) is 5.45. The van der Waals surface area contributed by atoms with Gasteiger partial charge in [0.15, 0.2) is 0 Å². The maximum absolute atomic E-state index is 13.5. The number of benzene rings is 2. The zero-order chi connectivity index (χ0) is 20.8. The number of carbonyl (C=O) groups is 1. The monoisotopic (exact) mass is 401 g/mol. The fourth-order valence-corrected chi connectivity index (χ4v) is 4.21. The lowest BCUT2D eigenvalue weighted by Crippen LogP contribution is -2.48. The van der Waals surface area contributed by atoms with Crippen molar-refractivity contribution in [2.24, 2.45) is 0 Å². The van der Waals surface area contributed by atoms with Crippen LogP contribution in [0.1, 0.15) is 5.69 Å². The third kappa shape index (κ3) is 2.81. The molecule has 7 nitrogen and oxygen atoms in total. The van der Waals surface area contributed by atoms with Crippen LogP contribution < -0.4 is 5.56 Å². The minimum absolute atomic E-state index is 0.0921. The number of fused-ring (bicyclic) bond motifs is 3. The third-order valence-corrected chi connectivity index (χ3v) is 5.91. The van der Waals surface area contributed by atoms with Crippen molar-refractivity contribution < 1.29 is 4.79 Å². The average molecular weight is 401 g/mol. The van der Waals surface area contributed by atoms with Gasteiger partial charge in [-0.1, -0.05) is 36.4 Å². The van der Waals surface area contributed by atoms with E-state index in [9.17, 15) is 9.59 Å². The molecule has 5 rings (SSSR count). The van der Waals surface area contributed by atoms with Crippen LogP contribution in [0.25, 0.3) is 27.8 Å². The van der Waals surface area contributed by atoms with E-state index < -0.39 is 0 Å². The number of hydrogen-bond donors (Lipinski definition) is 0. The number of pyridine rings is 1. The van der Waals surface area contributed by atoms with Crippen LogP contribution in [-0.4, -0.2) is 63.4 Å². The summed E-state index contributed by atoms with van der Waals surface area (Å²) in [5.74, 6) is 0. The van der Waals surface area contributed by atoms with E-state index in [1.165, 1.54) is 4.68 Å². The van der Waals surface area contributed by atoms with Crippen LogP contribution in [-0.2, 0) is 0 Å². The highest BCUT2D eigenvalue weighted by Crippen LogP contribution is 2.31. The Kier molecular flexibility index (Phi) is 4.40. The molecule has 0 aromatic heterocycles. The lowest BCUT2D eigenvalue weighted by atomic mass is 10.0. The summed E-state index contributed by atoms with van der Waals surface area (Å²) >= 11 is 0. The molecule has 0 aliphatic carbocycles. The fourth-order valence-electron chi connectivity index (χ4n) is 4.21. The lowest BCUT2D eigenvalue weighted by molar-refractivity contribution is 0.156. The number of carbonyl (C=O) groups excluding carboxylic acids is 1. The van der Waals surface area contributed by atoms with Crippen molar-refractivity contribution in [2.45, 2.75) is 6.92 Å². The number of aromatic nitrogens is 3. The normalized spacial score (nSPS) is 15.2. The molecule has 152 valence electrons. The van der Waals surface area contributed by atoms with E-state index in [0.29, 0.717) is 35.7 Å². The van der Waals surface area contributed by atoms with Gasteiger partial charge in [-0.3, -0.25) is 9.36 Å². The van der Waals surface area contributed by atoms with E-state index >= 15 is 0 Å². The second-order valence-electron chi connectivity index (χ2n) is 7.79. The summed E-state index contributed by atoms with van der Waals surface area (Å²) in [7, 11) is 2.06. The average Bonchev–Trinajstić information content (AvgIpc) is 3.13. The molecule has 0 saturated carbocycles. The van der Waals surface area contributed by atoms with Crippen molar-refractivity contribution in [1.82, 2.24) is 24.1 Å². The van der Waals surface area contributed by atoms with Crippen molar-refractivity contribution >= 4 is 16.9 Å². The van der Waals surface area contributed by atoms with E-state index in [1.54, 1.807) is 4.57 Å². The maximum Gasteiger partial charge on any atom is 0.328 e. The highest BCUT2D eigenvalue weighted by atomic mass is 16.2. The van der Waals surface area contributed by atoms with Crippen molar-refractivity contribution in [3.05, 3.63) is 70.6 Å². The Bertz CT molecular complexity index is 1270. The number of para-hydroxylation sites is 2. The first-order valence-corrected chi connectivity index (χ1v) is 10.1. The molecule has 2 aromatic rings. The molecule has 0 N–H and O–H groups in total. The molecular weight excluding hydrogens is 378 g/mol. The smallest absolute Gasteiger partial charge is 0.321 e. The highest BCUT2D eigenvalue weighted by Gasteiger charge is 2.29. The van der Waals surface area contributed by atoms with Crippen LogP contribution in [0.4, 0.5) is 4.79 Å². The van der Waals surface area contributed by atoms with E-state index in [-0.39, 0.29) is 11.6 Å². The van der Waals surface area contributed by atoms with E-state index in [4.69, 9.17) is 0 Å². The first-order valence-electron chi connectivity index (χ1n) is 10.1. The SMILES string of the molecule is Cc1c2c(=O)n(-c3ccccc3)nc-2c2ccccc2n1C(=O)N1CCN(C)CC1. The molecule has 1 amide bonds. The molecular formula is C23H23N5O2. The molecule has 1 saturated heterocycles. The number of hydrogen-bond acceptors (Lipinski definition) is 4. The molecule has 7 heteroatoms. The Hall–Kier alpha value is -3.45. The van der Waals surface area contributed by atoms with Crippen LogP contribution in [0, 0.1) is 6.92 Å². The van der Waals surface area contributed by atoms with Crippen LogP contribution in [0.15, 0.2) is 59.4 Å². The van der Waals surface area contributed by atoms with Crippen molar-refractivity contribution in [3.8, 4) is 16.9 Å². The van der Waals surface area contributed by atoms with E-state index in [1.807, 2.05) is 66.4 Å². The van der Waals surface area contributed by atoms with Gasteiger partial charge in [0.05, 0.1) is 16.8 Å². The predicted molar refractivity (Wildman–Crippen MR) is 117 cm³/mol. The standard InChI is InChI=1S/C23H23N5O2/c1-16-20-21(24-28(22(20)29)17-8-4-3-5-9-17)18-10-6-7-11-19(18)27(16)23(30)26-14-12-25(2)13-15-26/h3-11H,12-15H2,1-2H3. The summed E-state index contributed by atoms with van der Waals surface area (Å²) in [6, 6.07) is 16.9. The Morgan fingerprint density at radius 3 is 2.33 bits per heavy atom. The van der Waals surface area contributed by atoms with E-state index in [0.717, 1.165) is 24.0 Å². The molecule has 0 bridgehead atoms. The summed E-state index contributed by atoms with van der Waals surface area (Å²) < 4.78 is 3.11. The molecule has 0 spiro atoms. The van der Waals surface area contributed by atoms with Gasteiger partial charge in [0.2, 0.25) is 0 Å².